The summed E-state index contributed by atoms with van der Waals surface area (Å²) in [6, 6.07) is 18.2. The number of hydrogen-bond acceptors (Lipinski definition) is 6. The Kier molecular flexibility index (Phi) is 11.0. The van der Waals surface area contributed by atoms with E-state index >= 15 is 0 Å². The van der Waals surface area contributed by atoms with Gasteiger partial charge in [0.05, 0.1) is 0 Å². The lowest BCUT2D eigenvalue weighted by molar-refractivity contribution is 0.0955. The van der Waals surface area contributed by atoms with E-state index in [-0.39, 0.29) is 35.0 Å². The number of rotatable bonds is 3. The van der Waals surface area contributed by atoms with Crippen LogP contribution in [-0.4, -0.2) is 54.2 Å². The maximum absolute atomic E-state index is 10.9. The smallest absolute Gasteiger partial charge is 0.251 e. The molecule has 6 N–H and O–H groups in total. The first-order valence-corrected chi connectivity index (χ1v) is 9.75. The van der Waals surface area contributed by atoms with Crippen LogP contribution in [0.4, 0.5) is 0 Å². The maximum atomic E-state index is 10.9. The molecular weight excluding hydrogens is 426 g/mol. The third kappa shape index (κ3) is 9.43. The number of carbonyl (C=O) groups is 3. The van der Waals surface area contributed by atoms with Gasteiger partial charge < -0.3 is 31.3 Å². The highest BCUT2D eigenvalue weighted by Gasteiger charge is 2.02. The van der Waals surface area contributed by atoms with Gasteiger partial charge in [-0.2, -0.15) is 0 Å². The third-order valence-electron chi connectivity index (χ3n) is 4.07. The Labute approximate surface area is 191 Å². The average Bonchev–Trinajstić information content (AvgIpc) is 2.84. The van der Waals surface area contributed by atoms with Crippen LogP contribution in [0.2, 0.25) is 0 Å². The van der Waals surface area contributed by atoms with Crippen LogP contribution in [0.3, 0.4) is 0 Å². The monoisotopic (exact) mass is 453 g/mol. The number of amides is 3. The van der Waals surface area contributed by atoms with Gasteiger partial charge in [0.2, 0.25) is 0 Å². The summed E-state index contributed by atoms with van der Waals surface area (Å²) >= 11 is 0. The number of carbonyl (C=O) groups excluding carboxylic acids is 3. The van der Waals surface area contributed by atoms with Crippen LogP contribution < -0.4 is 16.0 Å². The predicted octanol–water partition coefficient (Wildman–Crippen LogP) is 2.26. The van der Waals surface area contributed by atoms with E-state index in [1.165, 1.54) is 36.4 Å². The van der Waals surface area contributed by atoms with E-state index < -0.39 is 0 Å². The minimum Gasteiger partial charge on any atom is -0.508 e. The van der Waals surface area contributed by atoms with E-state index in [1.807, 2.05) is 0 Å². The summed E-state index contributed by atoms with van der Waals surface area (Å²) in [5.41, 5.74) is 1.64. The number of benzene rings is 3. The fourth-order valence-corrected chi connectivity index (χ4v) is 2.27. The van der Waals surface area contributed by atoms with E-state index in [9.17, 15) is 14.4 Å². The van der Waals surface area contributed by atoms with Crippen molar-refractivity contribution in [3.63, 3.8) is 0 Å². The van der Waals surface area contributed by atoms with E-state index in [1.54, 1.807) is 57.5 Å². The lowest BCUT2D eigenvalue weighted by Gasteiger charge is -1.97. The number of aromatic hydroxyl groups is 3. The molecule has 0 radical (unpaired) electrons. The summed E-state index contributed by atoms with van der Waals surface area (Å²) in [5, 5.41) is 34.1. The van der Waals surface area contributed by atoms with E-state index in [4.69, 9.17) is 15.3 Å². The molecule has 0 heterocycles. The van der Waals surface area contributed by atoms with E-state index in [0.717, 1.165) is 0 Å². The molecule has 0 saturated heterocycles. The van der Waals surface area contributed by atoms with Gasteiger partial charge in [-0.3, -0.25) is 14.4 Å². The number of hydrogen-bond donors (Lipinski definition) is 6. The molecule has 3 rings (SSSR count). The van der Waals surface area contributed by atoms with Crippen LogP contribution in [-0.2, 0) is 0 Å². The van der Waals surface area contributed by atoms with Gasteiger partial charge in [0.25, 0.3) is 17.7 Å². The minimum atomic E-state index is -0.148. The van der Waals surface area contributed by atoms with Crippen molar-refractivity contribution in [1.82, 2.24) is 16.0 Å². The number of phenols is 3. The Balaban J connectivity index is 0.000000247. The molecule has 0 aliphatic carbocycles. The average molecular weight is 453 g/mol. The number of nitrogens with one attached hydrogen (secondary N) is 3. The fourth-order valence-electron chi connectivity index (χ4n) is 2.27. The molecular formula is C24H27N3O6. The molecule has 3 aromatic rings. The zero-order chi connectivity index (χ0) is 24.8. The summed E-state index contributed by atoms with van der Waals surface area (Å²) in [6.07, 6.45) is 0. The van der Waals surface area contributed by atoms with Gasteiger partial charge in [-0.15, -0.1) is 0 Å². The molecule has 0 atom stereocenters. The fraction of sp³-hybridized carbons (Fsp3) is 0.125. The normalized spacial score (nSPS) is 9.18. The van der Waals surface area contributed by atoms with E-state index in [2.05, 4.69) is 16.0 Å². The van der Waals surface area contributed by atoms with Crippen LogP contribution in [0, 0.1) is 0 Å². The molecule has 0 aromatic heterocycles. The second-order valence-electron chi connectivity index (χ2n) is 6.38. The first-order chi connectivity index (χ1) is 15.7. The molecule has 0 fully saturated rings. The van der Waals surface area contributed by atoms with E-state index in [0.29, 0.717) is 16.7 Å². The molecule has 0 aliphatic rings. The number of phenolic OH excluding ortho intramolecular Hbond substituents is 3. The van der Waals surface area contributed by atoms with Crippen molar-refractivity contribution in [2.45, 2.75) is 0 Å². The van der Waals surface area contributed by atoms with Crippen LogP contribution in [0.1, 0.15) is 31.1 Å². The topological polar surface area (TPSA) is 148 Å². The standard InChI is InChI=1S/3C8H9NO2/c3*1-9-8(11)6-2-4-7(10)5-3-6/h3*2-5,10H,1H3,(H,9,11). The SMILES string of the molecule is CNC(=O)c1ccc(O)cc1.CNC(=O)c1ccc(O)cc1.CNC(=O)c1ccc(O)cc1. The lowest BCUT2D eigenvalue weighted by Crippen LogP contribution is -2.17. The predicted molar refractivity (Wildman–Crippen MR) is 124 cm³/mol. The van der Waals surface area contributed by atoms with Gasteiger partial charge in [-0.1, -0.05) is 0 Å². The molecule has 0 bridgehead atoms. The highest BCUT2D eigenvalue weighted by atomic mass is 16.3. The molecule has 0 unspecified atom stereocenters. The van der Waals surface area contributed by atoms with Crippen molar-refractivity contribution < 1.29 is 29.7 Å². The Hall–Kier alpha value is -4.53. The molecule has 9 heteroatoms. The molecule has 33 heavy (non-hydrogen) atoms. The molecule has 174 valence electrons. The molecule has 0 spiro atoms. The van der Waals surface area contributed by atoms with Crippen molar-refractivity contribution in [1.29, 1.82) is 0 Å². The molecule has 9 nitrogen and oxygen atoms in total. The van der Waals surface area contributed by atoms with Crippen molar-refractivity contribution >= 4 is 17.7 Å². The highest BCUT2D eigenvalue weighted by Crippen LogP contribution is 2.10. The van der Waals surface area contributed by atoms with Crippen molar-refractivity contribution in [2.24, 2.45) is 0 Å². The summed E-state index contributed by atoms with van der Waals surface area (Å²) in [4.78, 5) is 32.8. The Morgan fingerprint density at radius 1 is 0.455 bits per heavy atom. The van der Waals surface area contributed by atoms with Gasteiger partial charge >= 0.3 is 0 Å². The molecule has 3 aromatic carbocycles. The van der Waals surface area contributed by atoms with Crippen LogP contribution in [0.5, 0.6) is 17.2 Å². The van der Waals surface area contributed by atoms with Crippen LogP contribution in [0.25, 0.3) is 0 Å². The van der Waals surface area contributed by atoms with Crippen LogP contribution >= 0.6 is 0 Å². The summed E-state index contributed by atoms with van der Waals surface area (Å²) in [6.45, 7) is 0. The summed E-state index contributed by atoms with van der Waals surface area (Å²) in [7, 11) is 4.69. The Bertz CT molecular complexity index is 897. The van der Waals surface area contributed by atoms with Gasteiger partial charge in [0.15, 0.2) is 0 Å². The van der Waals surface area contributed by atoms with Crippen molar-refractivity contribution in [2.75, 3.05) is 21.1 Å². The summed E-state index contributed by atoms with van der Waals surface area (Å²) in [5.74, 6) is 0.0490. The third-order valence-corrected chi connectivity index (χ3v) is 4.07. The van der Waals surface area contributed by atoms with Gasteiger partial charge in [0.1, 0.15) is 17.2 Å². The molecule has 0 saturated carbocycles. The molecule has 3 amide bonds. The second-order valence-corrected chi connectivity index (χ2v) is 6.38. The van der Waals surface area contributed by atoms with Crippen LogP contribution in [0.15, 0.2) is 72.8 Å². The Morgan fingerprint density at radius 3 is 0.788 bits per heavy atom. The highest BCUT2D eigenvalue weighted by molar-refractivity contribution is 5.94. The molecule has 0 aliphatic heterocycles. The largest absolute Gasteiger partial charge is 0.508 e. The minimum absolute atomic E-state index is 0.148. The Morgan fingerprint density at radius 2 is 0.636 bits per heavy atom. The quantitative estimate of drug-likeness (QED) is 0.358. The van der Waals surface area contributed by atoms with Gasteiger partial charge in [0, 0.05) is 37.8 Å². The first-order valence-electron chi connectivity index (χ1n) is 9.75. The lowest BCUT2D eigenvalue weighted by atomic mass is 10.2. The van der Waals surface area contributed by atoms with Gasteiger partial charge in [-0.25, -0.2) is 0 Å². The maximum Gasteiger partial charge on any atom is 0.251 e. The zero-order valence-corrected chi connectivity index (χ0v) is 18.5. The second kappa shape index (κ2) is 13.7. The first kappa shape index (κ1) is 26.5. The zero-order valence-electron chi connectivity index (χ0n) is 18.5. The van der Waals surface area contributed by atoms with Crippen molar-refractivity contribution in [3.05, 3.63) is 89.5 Å². The van der Waals surface area contributed by atoms with Crippen molar-refractivity contribution in [3.8, 4) is 17.2 Å². The summed E-state index contributed by atoms with van der Waals surface area (Å²) < 4.78 is 0. The van der Waals surface area contributed by atoms with Gasteiger partial charge in [-0.05, 0) is 72.8 Å².